The van der Waals surface area contributed by atoms with Crippen molar-refractivity contribution in [2.45, 2.75) is 33.2 Å². The number of anilines is 1. The van der Waals surface area contributed by atoms with Gasteiger partial charge in [-0.1, -0.05) is 6.92 Å². The van der Waals surface area contributed by atoms with Crippen LogP contribution in [0.15, 0.2) is 12.1 Å². The van der Waals surface area contributed by atoms with Gasteiger partial charge in [0.25, 0.3) is 10.1 Å². The first-order valence-electron chi connectivity index (χ1n) is 7.73. The lowest BCUT2D eigenvalue weighted by Gasteiger charge is -2.12. The molecular weight excluding hydrogens is 368 g/mol. The number of aryl methyl sites for hydroxylation is 1. The number of fused-ring (bicyclic) bond motifs is 3. The molecule has 1 aromatic carbocycles. The summed E-state index contributed by atoms with van der Waals surface area (Å²) in [6, 6.07) is 2.35. The van der Waals surface area contributed by atoms with E-state index in [1.54, 1.807) is 4.40 Å². The first kappa shape index (κ1) is 19.9. The predicted molar refractivity (Wildman–Crippen MR) is 93.8 cm³/mol. The Hall–Kier alpha value is -2.40. The minimum Gasteiger partial charge on any atom is -0.365 e. The lowest BCUT2D eigenvalue weighted by atomic mass is 10.2. The highest BCUT2D eigenvalue weighted by atomic mass is 32.2. The van der Waals surface area contributed by atoms with Gasteiger partial charge in [-0.2, -0.15) is 8.42 Å². The van der Waals surface area contributed by atoms with E-state index in [1.165, 1.54) is 0 Å². The largest absolute Gasteiger partial charge is 0.365 e. The molecule has 0 spiro atoms. The third-order valence-corrected chi connectivity index (χ3v) is 3.17. The molecule has 0 fully saturated rings. The molecule has 0 amide bonds. The van der Waals surface area contributed by atoms with Crippen LogP contribution in [0.1, 0.15) is 26.6 Å². The van der Waals surface area contributed by atoms with E-state index in [0.29, 0.717) is 41.0 Å². The van der Waals surface area contributed by atoms with E-state index >= 15 is 0 Å². The quantitative estimate of drug-likeness (QED) is 0.664. The molecule has 26 heavy (non-hydrogen) atoms. The van der Waals surface area contributed by atoms with Crippen molar-refractivity contribution in [1.29, 1.82) is 0 Å². The summed E-state index contributed by atoms with van der Waals surface area (Å²) in [6.07, 6.45) is 1.34. The van der Waals surface area contributed by atoms with Crippen LogP contribution in [-0.4, -0.2) is 44.9 Å². The van der Waals surface area contributed by atoms with Gasteiger partial charge in [-0.05, 0) is 13.8 Å². The lowest BCUT2D eigenvalue weighted by Crippen LogP contribution is -2.13. The Balaban J connectivity index is 0.000000431. The Kier molecular flexibility index (Phi) is 5.71. The Bertz CT molecular complexity index is 1040. The molecular formula is C15H19F2N5O3S. The van der Waals surface area contributed by atoms with Crippen molar-refractivity contribution in [3.63, 3.8) is 0 Å². The second-order valence-electron chi connectivity index (χ2n) is 5.88. The number of halogens is 2. The van der Waals surface area contributed by atoms with Crippen molar-refractivity contribution < 1.29 is 21.8 Å². The third kappa shape index (κ3) is 4.61. The van der Waals surface area contributed by atoms with E-state index in [1.807, 2.05) is 20.8 Å². The van der Waals surface area contributed by atoms with E-state index in [4.69, 9.17) is 4.55 Å². The van der Waals surface area contributed by atoms with Gasteiger partial charge >= 0.3 is 0 Å². The molecule has 0 unspecified atom stereocenters. The fraction of sp³-hybridized carbons (Fsp3) is 0.400. The smallest absolute Gasteiger partial charge is 0.261 e. The molecule has 0 aliphatic carbocycles. The third-order valence-electron chi connectivity index (χ3n) is 3.17. The normalized spacial score (nSPS) is 11.7. The van der Waals surface area contributed by atoms with Crippen molar-refractivity contribution in [3.05, 3.63) is 29.6 Å². The molecule has 2 N–H and O–H groups in total. The Morgan fingerprint density at radius 2 is 1.81 bits per heavy atom. The topological polar surface area (TPSA) is 109 Å². The molecule has 0 saturated heterocycles. The lowest BCUT2D eigenvalue weighted by molar-refractivity contribution is 0.490. The summed E-state index contributed by atoms with van der Waals surface area (Å²) in [4.78, 5) is 4.35. The van der Waals surface area contributed by atoms with Gasteiger partial charge in [0.05, 0.1) is 17.3 Å². The van der Waals surface area contributed by atoms with Crippen LogP contribution in [0.25, 0.3) is 16.7 Å². The van der Waals surface area contributed by atoms with Crippen LogP contribution in [0.2, 0.25) is 0 Å². The highest BCUT2D eigenvalue weighted by Gasteiger charge is 2.16. The Morgan fingerprint density at radius 3 is 2.35 bits per heavy atom. The average Bonchev–Trinajstić information content (AvgIpc) is 2.91. The number of nitrogens with zero attached hydrogens (tertiary/aromatic N) is 4. The van der Waals surface area contributed by atoms with Gasteiger partial charge in [0.1, 0.15) is 5.82 Å². The van der Waals surface area contributed by atoms with Crippen LogP contribution >= 0.6 is 0 Å². The minimum absolute atomic E-state index is 0.130. The predicted octanol–water partition coefficient (Wildman–Crippen LogP) is 2.44. The summed E-state index contributed by atoms with van der Waals surface area (Å²) in [7, 11) is -3.67. The molecule has 8 nitrogen and oxygen atoms in total. The van der Waals surface area contributed by atoms with Crippen LogP contribution in [0, 0.1) is 11.6 Å². The van der Waals surface area contributed by atoms with Crippen LogP contribution in [-0.2, 0) is 16.5 Å². The molecule has 2 heterocycles. The van der Waals surface area contributed by atoms with Crippen LogP contribution < -0.4 is 5.32 Å². The second-order valence-corrected chi connectivity index (χ2v) is 7.34. The van der Waals surface area contributed by atoms with Gasteiger partial charge in [-0.25, -0.2) is 13.8 Å². The molecule has 0 radical (unpaired) electrons. The highest BCUT2D eigenvalue weighted by molar-refractivity contribution is 7.85. The molecule has 0 aliphatic rings. The molecule has 2 aromatic heterocycles. The van der Waals surface area contributed by atoms with Crippen LogP contribution in [0.4, 0.5) is 14.6 Å². The maximum atomic E-state index is 13.6. The average molecular weight is 387 g/mol. The SMILES string of the molecule is CCc1nnc2c(NC(C)C)nc3cc(F)c(F)cc3n12.CS(=O)(=O)O. The zero-order chi connectivity index (χ0) is 19.6. The van der Waals surface area contributed by atoms with Gasteiger partial charge in [-0.15, -0.1) is 10.2 Å². The van der Waals surface area contributed by atoms with Crippen molar-refractivity contribution in [1.82, 2.24) is 19.6 Å². The van der Waals surface area contributed by atoms with Crippen molar-refractivity contribution in [2.75, 3.05) is 11.6 Å². The summed E-state index contributed by atoms with van der Waals surface area (Å²) in [6.45, 7) is 5.85. The molecule has 11 heteroatoms. The summed E-state index contributed by atoms with van der Waals surface area (Å²) in [5.74, 6) is -0.646. The Labute approximate surface area is 149 Å². The monoisotopic (exact) mass is 387 g/mol. The van der Waals surface area contributed by atoms with Gasteiger partial charge in [0.15, 0.2) is 17.5 Å². The number of rotatable bonds is 3. The second kappa shape index (κ2) is 7.46. The van der Waals surface area contributed by atoms with E-state index in [2.05, 4.69) is 20.5 Å². The molecule has 3 rings (SSSR count). The van der Waals surface area contributed by atoms with Crippen LogP contribution in [0.3, 0.4) is 0 Å². The first-order valence-corrected chi connectivity index (χ1v) is 9.57. The zero-order valence-electron chi connectivity index (χ0n) is 14.7. The fourth-order valence-electron chi connectivity index (χ4n) is 2.29. The van der Waals surface area contributed by atoms with Gasteiger partial charge in [0.2, 0.25) is 5.65 Å². The molecule has 0 atom stereocenters. The maximum Gasteiger partial charge on any atom is 0.261 e. The van der Waals surface area contributed by atoms with Crippen molar-refractivity contribution in [3.8, 4) is 0 Å². The van der Waals surface area contributed by atoms with E-state index in [-0.39, 0.29) is 6.04 Å². The zero-order valence-corrected chi connectivity index (χ0v) is 15.5. The summed E-state index contributed by atoms with van der Waals surface area (Å²) in [5, 5.41) is 11.4. The standard InChI is InChI=1S/C14H15F2N5.CH4O3S/c1-4-12-19-20-14-13(17-7(2)3)18-10-5-8(15)9(16)6-11(10)21(12)14;1-5(2,3)4/h5-7H,4H2,1-3H3,(H,17,18);1H3,(H,2,3,4). The maximum absolute atomic E-state index is 13.6. The molecule has 0 aliphatic heterocycles. The van der Waals surface area contributed by atoms with E-state index < -0.39 is 21.8 Å². The molecule has 0 bridgehead atoms. The highest BCUT2D eigenvalue weighted by Crippen LogP contribution is 2.24. The van der Waals surface area contributed by atoms with Crippen LogP contribution in [0.5, 0.6) is 0 Å². The number of aromatic nitrogens is 4. The number of hydrogen-bond acceptors (Lipinski definition) is 6. The van der Waals surface area contributed by atoms with Crippen molar-refractivity contribution in [2.24, 2.45) is 0 Å². The van der Waals surface area contributed by atoms with Crippen molar-refractivity contribution >= 4 is 32.6 Å². The van der Waals surface area contributed by atoms with Gasteiger partial charge in [0, 0.05) is 24.6 Å². The number of hydrogen-bond donors (Lipinski definition) is 2. The molecule has 3 aromatic rings. The summed E-state index contributed by atoms with van der Waals surface area (Å²) >= 11 is 0. The summed E-state index contributed by atoms with van der Waals surface area (Å²) < 4.78 is 54.6. The molecule has 0 saturated carbocycles. The molecule has 142 valence electrons. The van der Waals surface area contributed by atoms with E-state index in [9.17, 15) is 17.2 Å². The Morgan fingerprint density at radius 1 is 1.23 bits per heavy atom. The number of benzene rings is 1. The van der Waals surface area contributed by atoms with E-state index in [0.717, 1.165) is 12.1 Å². The minimum atomic E-state index is -3.67. The van der Waals surface area contributed by atoms with Gasteiger partial charge < -0.3 is 5.32 Å². The fourth-order valence-corrected chi connectivity index (χ4v) is 2.29. The first-order chi connectivity index (χ1) is 12.0. The summed E-state index contributed by atoms with van der Waals surface area (Å²) in [5.41, 5.74) is 1.33. The van der Waals surface area contributed by atoms with Gasteiger partial charge in [-0.3, -0.25) is 8.95 Å². The number of nitrogens with one attached hydrogen (secondary N) is 1.